The van der Waals surface area contributed by atoms with Gasteiger partial charge in [-0.3, -0.25) is 0 Å². The summed E-state index contributed by atoms with van der Waals surface area (Å²) in [7, 11) is 4.51. The van der Waals surface area contributed by atoms with E-state index in [0.717, 1.165) is 12.8 Å². The van der Waals surface area contributed by atoms with E-state index >= 15 is 0 Å². The van der Waals surface area contributed by atoms with Crippen LogP contribution < -0.4 is 9.80 Å². The Morgan fingerprint density at radius 2 is 0.804 bits per heavy atom. The Bertz CT molecular complexity index is 2180. The Kier molecular flexibility index (Phi) is 6.85. The molecule has 1 aliphatic carbocycles. The summed E-state index contributed by atoms with van der Waals surface area (Å²) in [6, 6.07) is 46.9. The quantitative estimate of drug-likeness (QED) is 0.181. The van der Waals surface area contributed by atoms with Crippen molar-refractivity contribution in [1.82, 2.24) is 0 Å². The van der Waals surface area contributed by atoms with E-state index in [9.17, 15) is 0 Å². The Balaban J connectivity index is 1.31. The lowest BCUT2D eigenvalue weighted by atomic mass is 9.67. The molecule has 0 N–H and O–H groups in total. The smallest absolute Gasteiger partial charge is 0.0715 e. The van der Waals surface area contributed by atoms with Crippen molar-refractivity contribution in [3.8, 4) is 11.1 Å². The van der Waals surface area contributed by atoms with Crippen LogP contribution in [0.1, 0.15) is 97.2 Å². The molecule has 0 spiro atoms. The highest BCUT2D eigenvalue weighted by molar-refractivity contribution is 5.93. The first-order valence-corrected chi connectivity index (χ1v) is 18.6. The number of hydrogen-bond donors (Lipinski definition) is 0. The molecular formula is C49H48N2. The van der Waals surface area contributed by atoms with Crippen LogP contribution >= 0.6 is 0 Å². The van der Waals surface area contributed by atoms with E-state index in [1.807, 2.05) is 0 Å². The lowest BCUT2D eigenvalue weighted by Gasteiger charge is -2.37. The summed E-state index contributed by atoms with van der Waals surface area (Å²) in [5.74, 6) is 0. The van der Waals surface area contributed by atoms with Gasteiger partial charge in [-0.05, 0) is 114 Å². The molecule has 0 atom stereocenters. The van der Waals surface area contributed by atoms with Gasteiger partial charge in [-0.1, -0.05) is 126 Å². The third kappa shape index (κ3) is 4.68. The van der Waals surface area contributed by atoms with Gasteiger partial charge < -0.3 is 9.80 Å². The second-order valence-electron chi connectivity index (χ2n) is 17.2. The fraction of sp³-hybridized carbons (Fsp3) is 0.265. The maximum Gasteiger partial charge on any atom is 0.0715 e. The molecule has 0 amide bonds. The fourth-order valence-corrected chi connectivity index (χ4v) is 9.26. The minimum atomic E-state index is -0.467. The van der Waals surface area contributed by atoms with E-state index in [0.29, 0.717) is 0 Å². The highest BCUT2D eigenvalue weighted by atomic mass is 15.1. The molecule has 2 heterocycles. The first-order chi connectivity index (χ1) is 24.4. The van der Waals surface area contributed by atoms with Crippen LogP contribution in [0.4, 0.5) is 22.7 Å². The third-order valence-electron chi connectivity index (χ3n) is 12.0. The average molecular weight is 665 g/mol. The van der Waals surface area contributed by atoms with E-state index in [1.165, 1.54) is 89.5 Å². The monoisotopic (exact) mass is 664 g/mol. The van der Waals surface area contributed by atoms with Gasteiger partial charge in [0.2, 0.25) is 0 Å². The molecule has 0 radical (unpaired) electrons. The van der Waals surface area contributed by atoms with Crippen molar-refractivity contribution in [2.24, 2.45) is 0 Å². The topological polar surface area (TPSA) is 6.48 Å². The molecule has 0 bridgehead atoms. The van der Waals surface area contributed by atoms with Gasteiger partial charge in [0.25, 0.3) is 0 Å². The van der Waals surface area contributed by atoms with Crippen molar-refractivity contribution in [1.29, 1.82) is 0 Å². The second kappa shape index (κ2) is 11.0. The third-order valence-corrected chi connectivity index (χ3v) is 12.0. The summed E-state index contributed by atoms with van der Waals surface area (Å²) in [6.45, 7) is 13.9. The van der Waals surface area contributed by atoms with Gasteiger partial charge in [0, 0.05) is 49.7 Å². The van der Waals surface area contributed by atoms with Crippen LogP contribution in [0.25, 0.3) is 11.1 Å². The zero-order valence-electron chi connectivity index (χ0n) is 31.4. The molecule has 6 aromatic carbocycles. The Hall–Kier alpha value is -5.08. The maximum absolute atomic E-state index is 2.55. The van der Waals surface area contributed by atoms with Crippen LogP contribution in [-0.2, 0) is 29.1 Å². The average Bonchev–Trinajstić information content (AvgIpc) is 3.39. The van der Waals surface area contributed by atoms with Gasteiger partial charge in [-0.25, -0.2) is 0 Å². The summed E-state index contributed by atoms with van der Waals surface area (Å²) < 4.78 is 0. The summed E-state index contributed by atoms with van der Waals surface area (Å²) in [6.07, 6.45) is 1.86. The Morgan fingerprint density at radius 3 is 1.18 bits per heavy atom. The lowest BCUT2D eigenvalue weighted by Crippen LogP contribution is -2.30. The van der Waals surface area contributed by atoms with Crippen LogP contribution in [0.15, 0.2) is 121 Å². The van der Waals surface area contributed by atoms with Crippen molar-refractivity contribution in [3.05, 3.63) is 177 Å². The lowest BCUT2D eigenvalue weighted by molar-refractivity contribution is 0.589. The predicted octanol–water partition coefficient (Wildman–Crippen LogP) is 12.0. The number of fused-ring (bicyclic) bond motifs is 7. The van der Waals surface area contributed by atoms with Gasteiger partial charge in [0.1, 0.15) is 0 Å². The number of nitrogens with zero attached hydrogens (tertiary/aromatic N) is 2. The van der Waals surface area contributed by atoms with Crippen LogP contribution in [0.2, 0.25) is 0 Å². The molecule has 9 rings (SSSR count). The molecule has 0 saturated carbocycles. The van der Waals surface area contributed by atoms with Gasteiger partial charge in [0.15, 0.2) is 0 Å². The molecule has 0 fully saturated rings. The van der Waals surface area contributed by atoms with Gasteiger partial charge >= 0.3 is 0 Å². The zero-order chi connectivity index (χ0) is 35.4. The molecule has 2 aliphatic heterocycles. The maximum atomic E-state index is 2.55. The van der Waals surface area contributed by atoms with Crippen molar-refractivity contribution in [2.45, 2.75) is 70.6 Å². The summed E-state index contributed by atoms with van der Waals surface area (Å²) >= 11 is 0. The zero-order valence-corrected chi connectivity index (χ0v) is 31.4. The van der Waals surface area contributed by atoms with E-state index in [-0.39, 0.29) is 10.8 Å². The highest BCUT2D eigenvalue weighted by Gasteiger charge is 2.48. The summed E-state index contributed by atoms with van der Waals surface area (Å²) in [4.78, 5) is 4.87. The predicted molar refractivity (Wildman–Crippen MR) is 216 cm³/mol. The number of anilines is 4. The first-order valence-electron chi connectivity index (χ1n) is 18.6. The molecule has 6 aromatic rings. The van der Waals surface area contributed by atoms with Crippen LogP contribution in [0.3, 0.4) is 0 Å². The highest BCUT2D eigenvalue weighted by Crippen LogP contribution is 2.60. The molecule has 0 unspecified atom stereocenters. The normalized spacial score (nSPS) is 15.4. The van der Waals surface area contributed by atoms with E-state index in [4.69, 9.17) is 0 Å². The molecule has 3 aliphatic rings. The van der Waals surface area contributed by atoms with Gasteiger partial charge in [0.05, 0.1) is 5.41 Å². The van der Waals surface area contributed by atoms with E-state index < -0.39 is 5.41 Å². The minimum Gasteiger partial charge on any atom is -0.344 e. The largest absolute Gasteiger partial charge is 0.344 e. The number of benzene rings is 6. The van der Waals surface area contributed by atoms with Gasteiger partial charge in [-0.15, -0.1) is 0 Å². The van der Waals surface area contributed by atoms with E-state index in [1.54, 1.807) is 0 Å². The van der Waals surface area contributed by atoms with Crippen molar-refractivity contribution >= 4 is 22.7 Å². The fourth-order valence-electron chi connectivity index (χ4n) is 9.26. The van der Waals surface area contributed by atoms with Crippen molar-refractivity contribution in [2.75, 3.05) is 23.9 Å². The van der Waals surface area contributed by atoms with Gasteiger partial charge in [-0.2, -0.15) is 0 Å². The van der Waals surface area contributed by atoms with Crippen LogP contribution in [0.5, 0.6) is 0 Å². The van der Waals surface area contributed by atoms with Crippen molar-refractivity contribution < 1.29 is 0 Å². The Morgan fingerprint density at radius 1 is 0.431 bits per heavy atom. The molecule has 0 aromatic heterocycles. The summed E-state index contributed by atoms with van der Waals surface area (Å²) in [5, 5.41) is 0. The molecule has 0 saturated heterocycles. The van der Waals surface area contributed by atoms with Crippen molar-refractivity contribution in [3.63, 3.8) is 0 Å². The Labute approximate surface area is 304 Å². The molecular weight excluding hydrogens is 617 g/mol. The standard InChI is InChI=1S/C49H48N2/c1-47(2,3)37-19-21-43-31(25-37)23-33-27-39-40-28-34-24-32-26-38(48(4,5)6)20-22-44(32)51(8)46(34)30-42(40)49(35-15-11-9-12-16-35,36-17-13-10-14-18-36)41(39)29-45(33)50(43)7/h9-22,25-30H,23-24H2,1-8H3. The first kappa shape index (κ1) is 31.9. The molecule has 51 heavy (non-hydrogen) atoms. The second-order valence-corrected chi connectivity index (χ2v) is 17.2. The summed E-state index contributed by atoms with van der Waals surface area (Å²) in [5.41, 5.74) is 21.4. The molecule has 2 nitrogen and oxygen atoms in total. The number of rotatable bonds is 2. The van der Waals surface area contributed by atoms with E-state index in [2.05, 4.69) is 187 Å². The SMILES string of the molecule is CN1c2ccc(C(C)(C)C)cc2Cc2cc3c(cc21)C(c1ccccc1)(c1ccccc1)c1cc2c(cc1-3)Cc1cc(C(C)(C)C)ccc1N2C. The molecule has 254 valence electrons. The minimum absolute atomic E-state index is 0.105. The number of hydrogen-bond acceptors (Lipinski definition) is 2. The van der Waals surface area contributed by atoms with Crippen LogP contribution in [0, 0.1) is 0 Å². The van der Waals surface area contributed by atoms with Crippen LogP contribution in [-0.4, -0.2) is 14.1 Å². The molecule has 2 heteroatoms.